The minimum absolute atomic E-state index is 0.345. The van der Waals surface area contributed by atoms with Gasteiger partial charge in [0, 0.05) is 12.4 Å². The fourth-order valence-electron chi connectivity index (χ4n) is 1.58. The summed E-state index contributed by atoms with van der Waals surface area (Å²) in [4.78, 5) is 15.6. The summed E-state index contributed by atoms with van der Waals surface area (Å²) in [7, 11) is 0. The Balaban J connectivity index is 2.25. The number of hydrogen-bond donors (Lipinski definition) is 0. The smallest absolute Gasteiger partial charge is 0.338 e. The molecule has 2 aromatic rings. The molecule has 98 valence electrons. The van der Waals surface area contributed by atoms with E-state index in [1.807, 2.05) is 13.0 Å². The summed E-state index contributed by atoms with van der Waals surface area (Å²) in [5.74, 6) is 0.970. The van der Waals surface area contributed by atoms with Gasteiger partial charge in [-0.05, 0) is 43.7 Å². The molecular weight excluding hydrogens is 242 g/mol. The molecule has 0 aliphatic heterocycles. The molecule has 1 heterocycles. The van der Waals surface area contributed by atoms with E-state index in [9.17, 15) is 4.79 Å². The first-order valence-electron chi connectivity index (χ1n) is 6.06. The maximum absolute atomic E-state index is 11.7. The Morgan fingerprint density at radius 1 is 1.21 bits per heavy atom. The normalized spacial score (nSPS) is 10.0. The van der Waals surface area contributed by atoms with Crippen molar-refractivity contribution in [3.8, 4) is 11.5 Å². The Hall–Kier alpha value is -2.36. The number of rotatable bonds is 4. The molecule has 1 aromatic carbocycles. The highest BCUT2D eigenvalue weighted by Crippen LogP contribution is 2.25. The van der Waals surface area contributed by atoms with E-state index in [-0.39, 0.29) is 5.97 Å². The topological polar surface area (TPSA) is 48.4 Å². The molecule has 4 heteroatoms. The van der Waals surface area contributed by atoms with Gasteiger partial charge in [-0.3, -0.25) is 4.98 Å². The maximum Gasteiger partial charge on any atom is 0.338 e. The molecule has 0 bridgehead atoms. The number of hydrogen-bond acceptors (Lipinski definition) is 4. The molecule has 0 aliphatic carbocycles. The Morgan fingerprint density at radius 3 is 2.63 bits per heavy atom. The van der Waals surface area contributed by atoms with E-state index in [1.165, 1.54) is 0 Å². The summed E-state index contributed by atoms with van der Waals surface area (Å²) in [5.41, 5.74) is 1.43. The van der Waals surface area contributed by atoms with Crippen molar-refractivity contribution in [2.24, 2.45) is 0 Å². The van der Waals surface area contributed by atoms with Gasteiger partial charge >= 0.3 is 5.97 Å². The third kappa shape index (κ3) is 3.31. The predicted octanol–water partition coefficient (Wildman–Crippen LogP) is 3.36. The van der Waals surface area contributed by atoms with Gasteiger partial charge in [0.1, 0.15) is 11.5 Å². The van der Waals surface area contributed by atoms with Gasteiger partial charge in [-0.25, -0.2) is 4.79 Å². The van der Waals surface area contributed by atoms with Crippen molar-refractivity contribution in [1.29, 1.82) is 0 Å². The molecular formula is C15H15NO3. The zero-order valence-electron chi connectivity index (χ0n) is 10.9. The van der Waals surface area contributed by atoms with E-state index in [0.29, 0.717) is 23.7 Å². The molecule has 1 aromatic heterocycles. The summed E-state index contributed by atoms with van der Waals surface area (Å²) in [6.07, 6.45) is 3.31. The molecule has 0 spiro atoms. The van der Waals surface area contributed by atoms with E-state index in [1.54, 1.807) is 43.6 Å². The standard InChI is InChI=1S/C15H15NO3/c1-3-18-15(17)12-5-4-11(2)14(10-12)19-13-6-8-16-9-7-13/h4-10H,3H2,1-2H3. The van der Waals surface area contributed by atoms with Gasteiger partial charge in [-0.1, -0.05) is 6.07 Å². The van der Waals surface area contributed by atoms with Crippen molar-refractivity contribution in [1.82, 2.24) is 4.98 Å². The summed E-state index contributed by atoms with van der Waals surface area (Å²) in [6, 6.07) is 8.77. The first-order valence-corrected chi connectivity index (χ1v) is 6.06. The first-order chi connectivity index (χ1) is 9.20. The van der Waals surface area contributed by atoms with Crippen LogP contribution in [-0.4, -0.2) is 17.6 Å². The Morgan fingerprint density at radius 2 is 1.95 bits per heavy atom. The number of carbonyl (C=O) groups is 1. The minimum Gasteiger partial charge on any atom is -0.462 e. The lowest BCUT2D eigenvalue weighted by Gasteiger charge is -2.10. The van der Waals surface area contributed by atoms with Crippen LogP contribution in [0.5, 0.6) is 11.5 Å². The number of aryl methyl sites for hydroxylation is 1. The van der Waals surface area contributed by atoms with Crippen molar-refractivity contribution < 1.29 is 14.3 Å². The van der Waals surface area contributed by atoms with Crippen molar-refractivity contribution in [2.75, 3.05) is 6.61 Å². The van der Waals surface area contributed by atoms with Gasteiger partial charge in [0.15, 0.2) is 0 Å². The molecule has 0 saturated carbocycles. The molecule has 0 saturated heterocycles. The third-order valence-corrected chi connectivity index (χ3v) is 2.58. The fraction of sp³-hybridized carbons (Fsp3) is 0.200. The van der Waals surface area contributed by atoms with Crippen LogP contribution < -0.4 is 4.74 Å². The molecule has 2 rings (SSSR count). The van der Waals surface area contributed by atoms with Crippen LogP contribution in [0.4, 0.5) is 0 Å². The van der Waals surface area contributed by atoms with Gasteiger partial charge in [0.25, 0.3) is 0 Å². The monoisotopic (exact) mass is 257 g/mol. The number of aromatic nitrogens is 1. The van der Waals surface area contributed by atoms with Crippen LogP contribution in [0.25, 0.3) is 0 Å². The summed E-state index contributed by atoms with van der Waals surface area (Å²) in [6.45, 7) is 4.05. The van der Waals surface area contributed by atoms with Crippen LogP contribution in [0, 0.1) is 6.92 Å². The molecule has 0 aliphatic rings. The summed E-state index contributed by atoms with van der Waals surface area (Å²) >= 11 is 0. The highest BCUT2D eigenvalue weighted by atomic mass is 16.5. The number of carbonyl (C=O) groups excluding carboxylic acids is 1. The molecule has 0 amide bonds. The van der Waals surface area contributed by atoms with E-state index in [4.69, 9.17) is 9.47 Å². The largest absolute Gasteiger partial charge is 0.462 e. The SMILES string of the molecule is CCOC(=O)c1ccc(C)c(Oc2ccncc2)c1. The van der Waals surface area contributed by atoms with Crippen LogP contribution in [0.2, 0.25) is 0 Å². The van der Waals surface area contributed by atoms with Gasteiger partial charge in [-0.2, -0.15) is 0 Å². The lowest BCUT2D eigenvalue weighted by atomic mass is 10.1. The zero-order valence-corrected chi connectivity index (χ0v) is 10.9. The molecule has 0 fully saturated rings. The van der Waals surface area contributed by atoms with Crippen molar-refractivity contribution in [3.63, 3.8) is 0 Å². The lowest BCUT2D eigenvalue weighted by molar-refractivity contribution is 0.0526. The average molecular weight is 257 g/mol. The van der Waals surface area contributed by atoms with E-state index in [2.05, 4.69) is 4.98 Å². The molecule has 0 atom stereocenters. The number of ether oxygens (including phenoxy) is 2. The third-order valence-electron chi connectivity index (χ3n) is 2.58. The summed E-state index contributed by atoms with van der Waals surface area (Å²) < 4.78 is 10.7. The van der Waals surface area contributed by atoms with Crippen molar-refractivity contribution in [2.45, 2.75) is 13.8 Å². The van der Waals surface area contributed by atoms with Crippen LogP contribution >= 0.6 is 0 Å². The molecule has 19 heavy (non-hydrogen) atoms. The average Bonchev–Trinajstić information content (AvgIpc) is 2.42. The van der Waals surface area contributed by atoms with Gasteiger partial charge in [0.2, 0.25) is 0 Å². The second kappa shape index (κ2) is 6.00. The van der Waals surface area contributed by atoms with Crippen LogP contribution in [0.1, 0.15) is 22.8 Å². The van der Waals surface area contributed by atoms with E-state index < -0.39 is 0 Å². The summed E-state index contributed by atoms with van der Waals surface area (Å²) in [5, 5.41) is 0. The highest BCUT2D eigenvalue weighted by Gasteiger charge is 2.10. The fourth-order valence-corrected chi connectivity index (χ4v) is 1.58. The van der Waals surface area contributed by atoms with Crippen molar-refractivity contribution >= 4 is 5.97 Å². The zero-order chi connectivity index (χ0) is 13.7. The quantitative estimate of drug-likeness (QED) is 0.788. The number of benzene rings is 1. The molecule has 4 nitrogen and oxygen atoms in total. The van der Waals surface area contributed by atoms with Gasteiger partial charge in [0.05, 0.1) is 12.2 Å². The second-order valence-electron chi connectivity index (χ2n) is 3.99. The molecule has 0 radical (unpaired) electrons. The number of pyridine rings is 1. The second-order valence-corrected chi connectivity index (χ2v) is 3.99. The van der Waals surface area contributed by atoms with Gasteiger partial charge < -0.3 is 9.47 Å². The van der Waals surface area contributed by atoms with Crippen LogP contribution in [0.3, 0.4) is 0 Å². The Bertz CT molecular complexity index is 567. The van der Waals surface area contributed by atoms with Gasteiger partial charge in [-0.15, -0.1) is 0 Å². The minimum atomic E-state index is -0.345. The first kappa shape index (κ1) is 13.1. The van der Waals surface area contributed by atoms with Crippen molar-refractivity contribution in [3.05, 3.63) is 53.9 Å². The predicted molar refractivity (Wildman–Crippen MR) is 71.4 cm³/mol. The molecule has 0 N–H and O–H groups in total. The highest BCUT2D eigenvalue weighted by molar-refractivity contribution is 5.90. The van der Waals surface area contributed by atoms with Crippen LogP contribution in [-0.2, 0) is 4.74 Å². The molecule has 0 unspecified atom stereocenters. The maximum atomic E-state index is 11.7. The number of nitrogens with zero attached hydrogens (tertiary/aromatic N) is 1. The number of esters is 1. The van der Waals surface area contributed by atoms with E-state index in [0.717, 1.165) is 5.56 Å². The Kier molecular flexibility index (Phi) is 4.13. The van der Waals surface area contributed by atoms with E-state index >= 15 is 0 Å². The van der Waals surface area contributed by atoms with Crippen LogP contribution in [0.15, 0.2) is 42.7 Å². The lowest BCUT2D eigenvalue weighted by Crippen LogP contribution is -2.05. The Labute approximate surface area is 112 Å².